The fraction of sp³-hybridized carbons (Fsp3) is 0.632. The summed E-state index contributed by atoms with van der Waals surface area (Å²) in [4.78, 5) is 4.33. The molecule has 0 radical (unpaired) electrons. The van der Waals surface area contributed by atoms with Crippen molar-refractivity contribution in [1.29, 1.82) is 0 Å². The Morgan fingerprint density at radius 2 is 2.19 bits per heavy atom. The Labute approximate surface area is 177 Å². The van der Waals surface area contributed by atoms with Gasteiger partial charge in [0.15, 0.2) is 5.96 Å². The molecule has 7 heteroatoms. The predicted octanol–water partition coefficient (Wildman–Crippen LogP) is 3.10. The number of nitrogens with one attached hydrogen (secondary N) is 2. The van der Waals surface area contributed by atoms with Crippen LogP contribution in [0.2, 0.25) is 0 Å². The summed E-state index contributed by atoms with van der Waals surface area (Å²) in [5.74, 6) is 2.47. The molecule has 0 spiro atoms. The van der Waals surface area contributed by atoms with Crippen LogP contribution in [-0.4, -0.2) is 47.9 Å². The van der Waals surface area contributed by atoms with Crippen LogP contribution in [0.1, 0.15) is 38.2 Å². The van der Waals surface area contributed by atoms with E-state index in [-0.39, 0.29) is 24.0 Å². The number of nitrogens with zero attached hydrogens (tertiary/aromatic N) is 1. The number of benzene rings is 1. The van der Waals surface area contributed by atoms with Crippen LogP contribution in [0.15, 0.2) is 29.3 Å². The molecule has 1 aromatic rings. The van der Waals surface area contributed by atoms with E-state index in [0.29, 0.717) is 11.3 Å². The van der Waals surface area contributed by atoms with Crippen molar-refractivity contribution in [3.05, 3.63) is 29.8 Å². The second-order valence-corrected chi connectivity index (χ2v) is 8.41. The Morgan fingerprint density at radius 1 is 1.38 bits per heavy atom. The minimum absolute atomic E-state index is 0. The lowest BCUT2D eigenvalue weighted by molar-refractivity contribution is 0.413. The van der Waals surface area contributed by atoms with E-state index in [1.807, 2.05) is 19.1 Å². The largest absolute Gasteiger partial charge is 0.497 e. The van der Waals surface area contributed by atoms with Gasteiger partial charge < -0.3 is 15.4 Å². The molecule has 1 aliphatic carbocycles. The third kappa shape index (κ3) is 7.42. The zero-order chi connectivity index (χ0) is 18.1. The normalized spacial score (nSPS) is 21.4. The third-order valence-corrected chi connectivity index (χ3v) is 6.43. The van der Waals surface area contributed by atoms with Crippen LogP contribution in [0, 0.1) is 0 Å². The monoisotopic (exact) mass is 493 g/mol. The van der Waals surface area contributed by atoms with Crippen LogP contribution in [0.3, 0.4) is 0 Å². The van der Waals surface area contributed by atoms with Gasteiger partial charge in [-0.2, -0.15) is 0 Å². The molecular weight excluding hydrogens is 461 g/mol. The van der Waals surface area contributed by atoms with Gasteiger partial charge in [0.05, 0.1) is 7.11 Å². The second kappa shape index (κ2) is 12.5. The summed E-state index contributed by atoms with van der Waals surface area (Å²) in [5.41, 5.74) is 1.23. The number of halogens is 1. The first-order valence-electron chi connectivity index (χ1n) is 9.13. The van der Waals surface area contributed by atoms with Gasteiger partial charge in [0.2, 0.25) is 0 Å². The maximum atomic E-state index is 12.1. The Kier molecular flexibility index (Phi) is 11.2. The average molecular weight is 493 g/mol. The van der Waals surface area contributed by atoms with E-state index in [1.165, 1.54) is 5.56 Å². The molecule has 0 saturated heterocycles. The minimum atomic E-state index is -0.697. The highest BCUT2D eigenvalue weighted by molar-refractivity contribution is 14.0. The van der Waals surface area contributed by atoms with Crippen molar-refractivity contribution in [3.8, 4) is 5.75 Å². The number of rotatable bonds is 7. The molecule has 26 heavy (non-hydrogen) atoms. The molecule has 1 fully saturated rings. The Balaban J connectivity index is 0.00000338. The highest BCUT2D eigenvalue weighted by Crippen LogP contribution is 2.23. The number of aliphatic imine (C=N–C) groups is 1. The smallest absolute Gasteiger partial charge is 0.191 e. The topological polar surface area (TPSA) is 62.7 Å². The summed E-state index contributed by atoms with van der Waals surface area (Å²) >= 11 is 0. The van der Waals surface area contributed by atoms with E-state index in [2.05, 4.69) is 27.8 Å². The predicted molar refractivity (Wildman–Crippen MR) is 121 cm³/mol. The number of hydrogen-bond donors (Lipinski definition) is 2. The van der Waals surface area contributed by atoms with E-state index in [9.17, 15) is 4.21 Å². The molecule has 5 nitrogen and oxygen atoms in total. The van der Waals surface area contributed by atoms with Crippen molar-refractivity contribution < 1.29 is 8.95 Å². The molecule has 3 unspecified atom stereocenters. The highest BCUT2D eigenvalue weighted by Gasteiger charge is 2.25. The Hall–Kier alpha value is -0.830. The van der Waals surface area contributed by atoms with Crippen molar-refractivity contribution in [2.75, 3.05) is 26.5 Å². The Morgan fingerprint density at radius 3 is 2.88 bits per heavy atom. The van der Waals surface area contributed by atoms with E-state index >= 15 is 0 Å². The fourth-order valence-electron chi connectivity index (χ4n) is 3.29. The van der Waals surface area contributed by atoms with Gasteiger partial charge in [-0.25, -0.2) is 0 Å². The first-order valence-corrected chi connectivity index (χ1v) is 10.5. The average Bonchev–Trinajstić information content (AvgIpc) is 2.66. The number of hydrogen-bond acceptors (Lipinski definition) is 3. The van der Waals surface area contributed by atoms with Gasteiger partial charge in [-0.05, 0) is 43.4 Å². The lowest BCUT2D eigenvalue weighted by Crippen LogP contribution is -2.47. The second-order valence-electron chi connectivity index (χ2n) is 6.40. The summed E-state index contributed by atoms with van der Waals surface area (Å²) < 4.78 is 17.3. The SMILES string of the molecule is CCS(=O)C1CCCC(NC(=NC)NCCc2cccc(OC)c2)C1.I. The summed E-state index contributed by atoms with van der Waals surface area (Å²) in [6.07, 6.45) is 5.21. The Bertz CT molecular complexity index is 598. The molecule has 2 rings (SSSR count). The molecule has 1 aromatic carbocycles. The summed E-state index contributed by atoms with van der Waals surface area (Å²) in [6, 6.07) is 8.49. The quantitative estimate of drug-likeness (QED) is 0.348. The van der Waals surface area contributed by atoms with Crippen LogP contribution in [-0.2, 0) is 17.2 Å². The molecule has 3 atom stereocenters. The van der Waals surface area contributed by atoms with Crippen LogP contribution < -0.4 is 15.4 Å². The molecule has 2 N–H and O–H groups in total. The molecule has 0 aromatic heterocycles. The maximum absolute atomic E-state index is 12.1. The molecule has 1 saturated carbocycles. The van der Waals surface area contributed by atoms with Crippen molar-refractivity contribution in [3.63, 3.8) is 0 Å². The standard InChI is InChI=1S/C19H31N3O2S.HI/c1-4-25(23)18-10-6-8-16(14-18)22-19(20-2)21-12-11-15-7-5-9-17(13-15)24-3;/h5,7,9,13,16,18H,4,6,8,10-12,14H2,1-3H3,(H2,20,21,22);1H. The summed E-state index contributed by atoms with van der Waals surface area (Å²) in [5, 5.41) is 7.21. The van der Waals surface area contributed by atoms with Crippen molar-refractivity contribution in [2.24, 2.45) is 4.99 Å². The van der Waals surface area contributed by atoms with E-state index in [0.717, 1.165) is 56.1 Å². The van der Waals surface area contributed by atoms with E-state index in [4.69, 9.17) is 4.74 Å². The molecule has 148 valence electrons. The van der Waals surface area contributed by atoms with Gasteiger partial charge in [-0.1, -0.05) is 25.5 Å². The molecule has 0 bridgehead atoms. The molecular formula is C19H32IN3O2S. The number of ether oxygens (including phenoxy) is 1. The molecule has 0 heterocycles. The van der Waals surface area contributed by atoms with Gasteiger partial charge >= 0.3 is 0 Å². The van der Waals surface area contributed by atoms with E-state index < -0.39 is 10.8 Å². The lowest BCUT2D eigenvalue weighted by Gasteiger charge is -2.30. The fourth-order valence-corrected chi connectivity index (χ4v) is 4.64. The summed E-state index contributed by atoms with van der Waals surface area (Å²) in [6.45, 7) is 2.82. The van der Waals surface area contributed by atoms with Crippen LogP contribution >= 0.6 is 24.0 Å². The highest BCUT2D eigenvalue weighted by atomic mass is 127. The zero-order valence-electron chi connectivity index (χ0n) is 16.0. The lowest BCUT2D eigenvalue weighted by atomic mass is 9.95. The number of methoxy groups -OCH3 is 1. The van der Waals surface area contributed by atoms with Crippen LogP contribution in [0.25, 0.3) is 0 Å². The van der Waals surface area contributed by atoms with Gasteiger partial charge in [0.25, 0.3) is 0 Å². The minimum Gasteiger partial charge on any atom is -0.497 e. The van der Waals surface area contributed by atoms with Gasteiger partial charge in [0, 0.05) is 41.4 Å². The van der Waals surface area contributed by atoms with Gasteiger partial charge in [-0.3, -0.25) is 9.20 Å². The van der Waals surface area contributed by atoms with Crippen molar-refractivity contribution in [1.82, 2.24) is 10.6 Å². The molecule has 0 amide bonds. The first-order chi connectivity index (χ1) is 12.2. The van der Waals surface area contributed by atoms with Crippen LogP contribution in [0.4, 0.5) is 0 Å². The third-order valence-electron chi connectivity index (χ3n) is 4.69. The molecule has 1 aliphatic rings. The van der Waals surface area contributed by atoms with E-state index in [1.54, 1.807) is 14.2 Å². The number of guanidine groups is 1. The first kappa shape index (κ1) is 23.2. The van der Waals surface area contributed by atoms with Gasteiger partial charge in [-0.15, -0.1) is 24.0 Å². The van der Waals surface area contributed by atoms with Crippen LogP contribution in [0.5, 0.6) is 5.75 Å². The molecule has 0 aliphatic heterocycles. The summed E-state index contributed by atoms with van der Waals surface area (Å²) in [7, 11) is 2.79. The maximum Gasteiger partial charge on any atom is 0.191 e. The zero-order valence-corrected chi connectivity index (χ0v) is 19.1. The van der Waals surface area contributed by atoms with Gasteiger partial charge in [0.1, 0.15) is 5.75 Å². The van der Waals surface area contributed by atoms with Crippen molar-refractivity contribution in [2.45, 2.75) is 50.3 Å². The van der Waals surface area contributed by atoms with Crippen molar-refractivity contribution >= 4 is 40.7 Å².